The van der Waals surface area contributed by atoms with Crippen LogP contribution < -0.4 is 14.7 Å². The lowest BCUT2D eigenvalue weighted by Gasteiger charge is -2.26. The number of carbonyl (C=O) groups excluding carboxylic acids is 1. The summed E-state index contributed by atoms with van der Waals surface area (Å²) in [7, 11) is 3.28. The Balaban J connectivity index is 1.87. The third kappa shape index (κ3) is 3.61. The highest BCUT2D eigenvalue weighted by atomic mass is 32.2. The number of likely N-dealkylation sites (N-methyl/N-ethyl adjacent to an activating group) is 1. The summed E-state index contributed by atoms with van der Waals surface area (Å²) in [5, 5.41) is 0. The van der Waals surface area contributed by atoms with Crippen molar-refractivity contribution in [2.75, 3.05) is 20.4 Å². The predicted octanol–water partition coefficient (Wildman–Crippen LogP) is 4.05. The zero-order valence-corrected chi connectivity index (χ0v) is 18.3. The molecule has 158 valence electrons. The van der Waals surface area contributed by atoms with Gasteiger partial charge in [0.25, 0.3) is 5.91 Å². The molecule has 0 aliphatic carbocycles. The fourth-order valence-corrected chi connectivity index (χ4v) is 4.06. The number of hydrogen-bond acceptors (Lipinski definition) is 6. The first kappa shape index (κ1) is 20.8. The largest absolute Gasteiger partial charge is 0.497 e. The number of nitrogens with two attached hydrogens (primary N) is 1. The minimum atomic E-state index is -1.26. The maximum atomic E-state index is 13.5. The Labute approximate surface area is 185 Å². The Morgan fingerprint density at radius 3 is 2.23 bits per heavy atom. The molecule has 1 amide bonds. The second-order valence-electron chi connectivity index (χ2n) is 7.13. The van der Waals surface area contributed by atoms with E-state index in [1.165, 1.54) is 16.9 Å². The summed E-state index contributed by atoms with van der Waals surface area (Å²) in [6.07, 6.45) is 1.85. The van der Waals surface area contributed by atoms with Crippen LogP contribution in [0, 0.1) is 0 Å². The van der Waals surface area contributed by atoms with Crippen LogP contribution in [0.3, 0.4) is 0 Å². The number of nitrogens with zero attached hydrogens (tertiary/aromatic N) is 2. The fourth-order valence-electron chi connectivity index (χ4n) is 3.76. The van der Waals surface area contributed by atoms with Gasteiger partial charge in [-0.1, -0.05) is 42.5 Å². The molecule has 1 atom stereocenters. The summed E-state index contributed by atoms with van der Waals surface area (Å²) in [5.74, 6) is 1.45. The van der Waals surface area contributed by atoms with E-state index >= 15 is 0 Å². The lowest BCUT2D eigenvalue weighted by Crippen LogP contribution is -2.41. The van der Waals surface area contributed by atoms with E-state index in [0.29, 0.717) is 5.75 Å². The second kappa shape index (κ2) is 8.35. The van der Waals surface area contributed by atoms with Gasteiger partial charge in [-0.2, -0.15) is 0 Å². The third-order valence-corrected chi connectivity index (χ3v) is 5.73. The van der Waals surface area contributed by atoms with E-state index < -0.39 is 5.54 Å². The zero-order chi connectivity index (χ0) is 22.0. The van der Waals surface area contributed by atoms with Crippen LogP contribution in [0.1, 0.15) is 11.1 Å². The number of methoxy groups -OCH3 is 1. The molecule has 2 N–H and O–H groups in total. The number of benzene rings is 3. The van der Waals surface area contributed by atoms with Gasteiger partial charge >= 0.3 is 0 Å². The van der Waals surface area contributed by atoms with Gasteiger partial charge in [0, 0.05) is 13.3 Å². The average Bonchev–Trinajstić information content (AvgIpc) is 3.04. The summed E-state index contributed by atoms with van der Waals surface area (Å²) in [6.45, 7) is 0. The summed E-state index contributed by atoms with van der Waals surface area (Å²) in [4.78, 5) is 19.5. The standard InChI is InChI=1S/C24H23N3O3S/c1-27-22(28)24(26-23(27)25,18-10-12-20(13-11-18)30-31-3)19-8-4-6-16(14-19)17-7-5-9-21(15-17)29-2/h4-15H,1-3H3,(H2,25,26). The van der Waals surface area contributed by atoms with Crippen molar-refractivity contribution in [2.24, 2.45) is 10.7 Å². The Hall–Kier alpha value is -3.45. The summed E-state index contributed by atoms with van der Waals surface area (Å²) in [5.41, 5.74) is 8.23. The van der Waals surface area contributed by atoms with Gasteiger partial charge < -0.3 is 14.7 Å². The molecule has 0 saturated heterocycles. The molecule has 1 aliphatic heterocycles. The minimum absolute atomic E-state index is 0.182. The van der Waals surface area contributed by atoms with Gasteiger partial charge in [0.05, 0.1) is 19.2 Å². The Morgan fingerprint density at radius 2 is 1.61 bits per heavy atom. The van der Waals surface area contributed by atoms with Crippen LogP contribution in [-0.4, -0.2) is 37.2 Å². The molecular weight excluding hydrogens is 410 g/mol. The molecule has 7 heteroatoms. The Kier molecular flexibility index (Phi) is 5.61. The third-order valence-electron chi connectivity index (χ3n) is 5.38. The number of aliphatic imine (C=N–C) groups is 1. The first-order valence-electron chi connectivity index (χ1n) is 9.69. The highest BCUT2D eigenvalue weighted by molar-refractivity contribution is 7.94. The molecule has 0 radical (unpaired) electrons. The lowest BCUT2D eigenvalue weighted by molar-refractivity contribution is -0.129. The predicted molar refractivity (Wildman–Crippen MR) is 124 cm³/mol. The molecule has 0 fully saturated rings. The highest BCUT2D eigenvalue weighted by Crippen LogP contribution is 2.41. The number of ether oxygens (including phenoxy) is 1. The molecule has 0 saturated carbocycles. The molecule has 1 aliphatic rings. The van der Waals surface area contributed by atoms with Gasteiger partial charge in [-0.15, -0.1) is 0 Å². The number of rotatable bonds is 6. The van der Waals surface area contributed by atoms with E-state index in [1.807, 2.05) is 79.1 Å². The van der Waals surface area contributed by atoms with Crippen molar-refractivity contribution in [1.82, 2.24) is 4.90 Å². The van der Waals surface area contributed by atoms with Crippen molar-refractivity contribution in [3.05, 3.63) is 83.9 Å². The average molecular weight is 434 g/mol. The van der Waals surface area contributed by atoms with Crippen LogP contribution in [0.4, 0.5) is 0 Å². The van der Waals surface area contributed by atoms with Crippen molar-refractivity contribution < 1.29 is 13.7 Å². The van der Waals surface area contributed by atoms with Crippen molar-refractivity contribution >= 4 is 23.9 Å². The minimum Gasteiger partial charge on any atom is -0.497 e. The van der Waals surface area contributed by atoms with Crippen molar-refractivity contribution in [2.45, 2.75) is 5.54 Å². The molecule has 0 aromatic heterocycles. The molecule has 6 nitrogen and oxygen atoms in total. The normalized spacial score (nSPS) is 18.1. The van der Waals surface area contributed by atoms with E-state index in [2.05, 4.69) is 4.99 Å². The summed E-state index contributed by atoms with van der Waals surface area (Å²) < 4.78 is 10.8. The molecule has 1 heterocycles. The van der Waals surface area contributed by atoms with Gasteiger partial charge in [-0.25, -0.2) is 4.99 Å². The van der Waals surface area contributed by atoms with Gasteiger partial charge in [-0.05, 0) is 52.6 Å². The topological polar surface area (TPSA) is 77.2 Å². The van der Waals surface area contributed by atoms with Crippen molar-refractivity contribution in [3.8, 4) is 22.6 Å². The van der Waals surface area contributed by atoms with Gasteiger partial charge in [0.1, 0.15) is 11.5 Å². The Morgan fingerprint density at radius 1 is 0.935 bits per heavy atom. The van der Waals surface area contributed by atoms with Crippen molar-refractivity contribution in [1.29, 1.82) is 0 Å². The molecule has 1 unspecified atom stereocenters. The van der Waals surface area contributed by atoms with Crippen LogP contribution in [0.25, 0.3) is 11.1 Å². The van der Waals surface area contributed by atoms with Crippen LogP contribution in [0.15, 0.2) is 77.8 Å². The quantitative estimate of drug-likeness (QED) is 0.594. The van der Waals surface area contributed by atoms with E-state index in [0.717, 1.165) is 28.0 Å². The first-order valence-corrected chi connectivity index (χ1v) is 10.8. The summed E-state index contributed by atoms with van der Waals surface area (Å²) >= 11 is 1.26. The monoisotopic (exact) mass is 433 g/mol. The van der Waals surface area contributed by atoms with E-state index in [1.54, 1.807) is 14.2 Å². The molecule has 3 aromatic carbocycles. The van der Waals surface area contributed by atoms with Crippen LogP contribution in [0.5, 0.6) is 11.5 Å². The van der Waals surface area contributed by atoms with Gasteiger partial charge in [0.2, 0.25) is 0 Å². The molecular formula is C24H23N3O3S. The van der Waals surface area contributed by atoms with E-state index in [4.69, 9.17) is 14.7 Å². The van der Waals surface area contributed by atoms with Gasteiger partial charge in [-0.3, -0.25) is 9.69 Å². The van der Waals surface area contributed by atoms with E-state index in [9.17, 15) is 4.79 Å². The SMILES string of the molecule is COc1cccc(-c2cccc(C3(c4ccc(OSC)cc4)N=C(N)N(C)C3=O)c2)c1. The van der Waals surface area contributed by atoms with Crippen LogP contribution in [-0.2, 0) is 10.3 Å². The maximum Gasteiger partial charge on any atom is 0.266 e. The number of hydrogen-bond donors (Lipinski definition) is 1. The smallest absolute Gasteiger partial charge is 0.266 e. The van der Waals surface area contributed by atoms with Crippen molar-refractivity contribution in [3.63, 3.8) is 0 Å². The lowest BCUT2D eigenvalue weighted by atomic mass is 9.81. The Bertz CT molecular complexity index is 1150. The van der Waals surface area contributed by atoms with Crippen LogP contribution >= 0.6 is 12.0 Å². The number of carbonyl (C=O) groups is 1. The maximum absolute atomic E-state index is 13.5. The second-order valence-corrected chi connectivity index (χ2v) is 7.63. The fraction of sp³-hybridized carbons (Fsp3) is 0.167. The number of guanidine groups is 1. The molecule has 3 aromatic rings. The molecule has 4 rings (SSSR count). The van der Waals surface area contributed by atoms with Gasteiger partial charge in [0.15, 0.2) is 11.5 Å². The molecule has 31 heavy (non-hydrogen) atoms. The number of amides is 1. The first-order chi connectivity index (χ1) is 15.0. The highest BCUT2D eigenvalue weighted by Gasteiger charge is 2.49. The van der Waals surface area contributed by atoms with E-state index in [-0.39, 0.29) is 11.9 Å². The molecule has 0 spiro atoms. The molecule has 0 bridgehead atoms. The van der Waals surface area contributed by atoms with Crippen LogP contribution in [0.2, 0.25) is 0 Å². The zero-order valence-electron chi connectivity index (χ0n) is 17.5. The summed E-state index contributed by atoms with van der Waals surface area (Å²) in [6, 6.07) is 23.0.